The first-order chi connectivity index (χ1) is 11.6. The molecule has 25 heavy (non-hydrogen) atoms. The third kappa shape index (κ3) is 6.95. The van der Waals surface area contributed by atoms with Crippen LogP contribution in [0.2, 0.25) is 0 Å². The van der Waals surface area contributed by atoms with Gasteiger partial charge in [-0.05, 0) is 11.1 Å². The summed E-state index contributed by atoms with van der Waals surface area (Å²) in [5.74, 6) is -0.318. The van der Waals surface area contributed by atoms with Crippen molar-refractivity contribution in [3.8, 4) is 0 Å². The van der Waals surface area contributed by atoms with Gasteiger partial charge in [-0.15, -0.1) is 12.4 Å². The van der Waals surface area contributed by atoms with Gasteiger partial charge in [0, 0.05) is 19.5 Å². The Balaban J connectivity index is 0.00000312. The van der Waals surface area contributed by atoms with Gasteiger partial charge in [-0.2, -0.15) is 0 Å². The second kappa shape index (κ2) is 10.5. The molecule has 0 saturated heterocycles. The summed E-state index contributed by atoms with van der Waals surface area (Å²) in [7, 11) is 0. The fraction of sp³-hybridized carbons (Fsp3) is 0.263. The molecule has 4 N–H and O–H groups in total. The van der Waals surface area contributed by atoms with E-state index in [0.29, 0.717) is 6.54 Å². The van der Waals surface area contributed by atoms with Crippen LogP contribution in [0.3, 0.4) is 0 Å². The van der Waals surface area contributed by atoms with Crippen molar-refractivity contribution in [2.24, 2.45) is 5.73 Å². The van der Waals surface area contributed by atoms with Gasteiger partial charge in [-0.25, -0.2) is 0 Å². The molecule has 6 heteroatoms. The second-order valence-electron chi connectivity index (χ2n) is 5.69. The molecule has 0 fully saturated rings. The van der Waals surface area contributed by atoms with E-state index in [1.807, 2.05) is 60.7 Å². The van der Waals surface area contributed by atoms with Crippen molar-refractivity contribution in [1.29, 1.82) is 0 Å². The number of carbonyl (C=O) groups is 2. The quantitative estimate of drug-likeness (QED) is 0.708. The third-order valence-corrected chi connectivity index (χ3v) is 3.72. The van der Waals surface area contributed by atoms with Crippen molar-refractivity contribution in [3.63, 3.8) is 0 Å². The number of halogens is 1. The summed E-state index contributed by atoms with van der Waals surface area (Å²) in [5.41, 5.74) is 7.95. The van der Waals surface area contributed by atoms with Crippen LogP contribution in [0.5, 0.6) is 0 Å². The predicted octanol–water partition coefficient (Wildman–Crippen LogP) is 2.49. The van der Waals surface area contributed by atoms with E-state index in [1.165, 1.54) is 6.92 Å². The zero-order chi connectivity index (χ0) is 17.4. The molecule has 0 saturated carbocycles. The average molecular weight is 362 g/mol. The molecule has 2 aromatic rings. The van der Waals surface area contributed by atoms with Crippen molar-refractivity contribution in [2.75, 3.05) is 6.54 Å². The van der Waals surface area contributed by atoms with E-state index in [9.17, 15) is 9.59 Å². The first-order valence-electron chi connectivity index (χ1n) is 7.95. The van der Waals surface area contributed by atoms with E-state index < -0.39 is 0 Å². The number of carbonyl (C=O) groups excluding carboxylic acids is 2. The average Bonchev–Trinajstić information content (AvgIpc) is 2.60. The second-order valence-corrected chi connectivity index (χ2v) is 5.69. The van der Waals surface area contributed by atoms with Crippen molar-refractivity contribution in [1.82, 2.24) is 10.6 Å². The Hall–Kier alpha value is -2.37. The highest BCUT2D eigenvalue weighted by Crippen LogP contribution is 2.16. The number of rotatable bonds is 7. The number of benzene rings is 2. The van der Waals surface area contributed by atoms with Gasteiger partial charge in [-0.3, -0.25) is 9.59 Å². The molecular formula is C19H24ClN3O2. The Morgan fingerprint density at radius 3 is 2.00 bits per heavy atom. The standard InChI is InChI=1S/C19H23N3O2.ClH/c1-14(23)22-18(16-10-6-3-7-11-16)12-19(24)21-13-17(20)15-8-4-2-5-9-15;/h2-11,17-18H,12-13,20H2,1H3,(H,21,24)(H,22,23);1H. The summed E-state index contributed by atoms with van der Waals surface area (Å²) in [6, 6.07) is 18.5. The Morgan fingerprint density at radius 1 is 0.960 bits per heavy atom. The lowest BCUT2D eigenvalue weighted by molar-refractivity contribution is -0.122. The van der Waals surface area contributed by atoms with Crippen molar-refractivity contribution in [3.05, 3.63) is 71.8 Å². The molecule has 0 aromatic heterocycles. The summed E-state index contributed by atoms with van der Waals surface area (Å²) in [6.07, 6.45) is 0.172. The summed E-state index contributed by atoms with van der Waals surface area (Å²) in [6.45, 7) is 1.80. The Morgan fingerprint density at radius 2 is 1.48 bits per heavy atom. The highest BCUT2D eigenvalue weighted by atomic mass is 35.5. The maximum atomic E-state index is 12.2. The number of hydrogen-bond donors (Lipinski definition) is 3. The van der Waals surface area contributed by atoms with E-state index >= 15 is 0 Å². The molecule has 0 aliphatic heterocycles. The van der Waals surface area contributed by atoms with Gasteiger partial charge in [0.15, 0.2) is 0 Å². The molecule has 0 heterocycles. The zero-order valence-corrected chi connectivity index (χ0v) is 15.0. The SMILES string of the molecule is CC(=O)NC(CC(=O)NCC(N)c1ccccc1)c1ccccc1.Cl. The number of hydrogen-bond acceptors (Lipinski definition) is 3. The van der Waals surface area contributed by atoms with Gasteiger partial charge in [0.1, 0.15) is 0 Å². The normalized spacial score (nSPS) is 12.4. The predicted molar refractivity (Wildman–Crippen MR) is 101 cm³/mol. The lowest BCUT2D eigenvalue weighted by Gasteiger charge is -2.19. The largest absolute Gasteiger partial charge is 0.354 e. The van der Waals surface area contributed by atoms with Gasteiger partial charge < -0.3 is 16.4 Å². The smallest absolute Gasteiger partial charge is 0.222 e. The molecule has 0 spiro atoms. The minimum atomic E-state index is -0.350. The molecule has 2 aromatic carbocycles. The Labute approximate surface area is 154 Å². The van der Waals surface area contributed by atoms with Crippen LogP contribution < -0.4 is 16.4 Å². The summed E-state index contributed by atoms with van der Waals surface area (Å²) < 4.78 is 0. The number of nitrogens with two attached hydrogens (primary N) is 1. The minimum absolute atomic E-state index is 0. The van der Waals surface area contributed by atoms with Crippen LogP contribution >= 0.6 is 12.4 Å². The summed E-state index contributed by atoms with van der Waals surface area (Å²) in [5, 5.41) is 5.65. The lowest BCUT2D eigenvalue weighted by atomic mass is 10.0. The molecule has 2 atom stereocenters. The van der Waals surface area contributed by atoms with Crippen LogP contribution in [0.4, 0.5) is 0 Å². The van der Waals surface area contributed by atoms with Crippen LogP contribution in [0, 0.1) is 0 Å². The maximum Gasteiger partial charge on any atom is 0.222 e. The molecule has 2 unspecified atom stereocenters. The molecular weight excluding hydrogens is 338 g/mol. The van der Waals surface area contributed by atoms with Crippen LogP contribution in [-0.2, 0) is 9.59 Å². The fourth-order valence-corrected chi connectivity index (χ4v) is 2.48. The lowest BCUT2D eigenvalue weighted by Crippen LogP contribution is -2.35. The zero-order valence-electron chi connectivity index (χ0n) is 14.1. The monoisotopic (exact) mass is 361 g/mol. The highest BCUT2D eigenvalue weighted by molar-refractivity contribution is 5.85. The first kappa shape index (κ1) is 20.7. The maximum absolute atomic E-state index is 12.2. The van der Waals surface area contributed by atoms with E-state index in [4.69, 9.17) is 5.73 Å². The first-order valence-corrected chi connectivity index (χ1v) is 7.95. The van der Waals surface area contributed by atoms with Gasteiger partial charge in [0.05, 0.1) is 12.5 Å². The molecule has 2 amide bonds. The minimum Gasteiger partial charge on any atom is -0.354 e. The van der Waals surface area contributed by atoms with Gasteiger partial charge in [-0.1, -0.05) is 60.7 Å². The van der Waals surface area contributed by atoms with E-state index in [-0.39, 0.29) is 42.7 Å². The van der Waals surface area contributed by atoms with E-state index in [0.717, 1.165) is 11.1 Å². The fourth-order valence-electron chi connectivity index (χ4n) is 2.48. The summed E-state index contributed by atoms with van der Waals surface area (Å²) >= 11 is 0. The van der Waals surface area contributed by atoms with Crippen LogP contribution in [0.1, 0.15) is 36.6 Å². The van der Waals surface area contributed by atoms with Crippen LogP contribution in [0.25, 0.3) is 0 Å². The van der Waals surface area contributed by atoms with Crippen molar-refractivity contribution in [2.45, 2.75) is 25.4 Å². The van der Waals surface area contributed by atoms with E-state index in [1.54, 1.807) is 0 Å². The molecule has 0 aliphatic carbocycles. The van der Waals surface area contributed by atoms with Crippen LogP contribution in [0.15, 0.2) is 60.7 Å². The topological polar surface area (TPSA) is 84.2 Å². The Bertz CT molecular complexity index is 665. The van der Waals surface area contributed by atoms with Gasteiger partial charge in [0.2, 0.25) is 11.8 Å². The molecule has 0 bridgehead atoms. The molecule has 2 rings (SSSR count). The number of amides is 2. The third-order valence-electron chi connectivity index (χ3n) is 3.72. The molecule has 0 aliphatic rings. The number of nitrogens with one attached hydrogen (secondary N) is 2. The van der Waals surface area contributed by atoms with Gasteiger partial charge in [0.25, 0.3) is 0 Å². The van der Waals surface area contributed by atoms with Crippen molar-refractivity contribution >= 4 is 24.2 Å². The molecule has 5 nitrogen and oxygen atoms in total. The molecule has 0 radical (unpaired) electrons. The molecule has 134 valence electrons. The van der Waals surface area contributed by atoms with Gasteiger partial charge >= 0.3 is 0 Å². The van der Waals surface area contributed by atoms with Crippen molar-refractivity contribution < 1.29 is 9.59 Å². The van der Waals surface area contributed by atoms with E-state index in [2.05, 4.69) is 10.6 Å². The highest BCUT2D eigenvalue weighted by Gasteiger charge is 2.17. The van der Waals surface area contributed by atoms with Crippen LogP contribution in [-0.4, -0.2) is 18.4 Å². The Kier molecular flexibility index (Phi) is 8.67. The summed E-state index contributed by atoms with van der Waals surface area (Å²) in [4.78, 5) is 23.6.